The maximum Gasteiger partial charge on any atom is 0.189 e. The lowest BCUT2D eigenvalue weighted by atomic mass is 10.3. The van der Waals surface area contributed by atoms with Gasteiger partial charge in [-0.1, -0.05) is 23.4 Å². The lowest BCUT2D eigenvalue weighted by Gasteiger charge is -1.94. The minimum atomic E-state index is 0.0950. The van der Waals surface area contributed by atoms with Crippen LogP contribution in [0.4, 0.5) is 0 Å². The third-order valence-corrected chi connectivity index (χ3v) is 3.08. The summed E-state index contributed by atoms with van der Waals surface area (Å²) in [7, 11) is 0. The number of aromatic nitrogens is 4. The van der Waals surface area contributed by atoms with Crippen LogP contribution in [0.3, 0.4) is 0 Å². The van der Waals surface area contributed by atoms with Crippen molar-refractivity contribution in [3.05, 3.63) is 23.4 Å². The summed E-state index contributed by atoms with van der Waals surface area (Å²) in [5, 5.41) is 9.04. The molecule has 0 saturated carbocycles. The zero-order valence-electron chi connectivity index (χ0n) is 8.98. The molecule has 0 saturated heterocycles. The van der Waals surface area contributed by atoms with E-state index in [4.69, 9.17) is 11.6 Å². The molecule has 88 valence electrons. The van der Waals surface area contributed by atoms with Crippen molar-refractivity contribution in [3.63, 3.8) is 0 Å². The molecule has 0 aliphatic rings. The van der Waals surface area contributed by atoms with E-state index >= 15 is 0 Å². The largest absolute Gasteiger partial charge is 0.315 e. The molecule has 7 heteroatoms. The Morgan fingerprint density at radius 3 is 2.94 bits per heavy atom. The van der Waals surface area contributed by atoms with Crippen LogP contribution in [0.1, 0.15) is 6.92 Å². The Morgan fingerprint density at radius 1 is 1.47 bits per heavy atom. The van der Waals surface area contributed by atoms with Gasteiger partial charge in [0.15, 0.2) is 11.0 Å². The summed E-state index contributed by atoms with van der Waals surface area (Å²) in [5.41, 5.74) is 0.663. The van der Waals surface area contributed by atoms with Crippen LogP contribution in [0.25, 0.3) is 11.5 Å². The standard InChI is InChI=1S/C10H9ClN4OS/c1-6(16)5-17-10-13-9(14-15-10)8-3-2-7(11)4-12-8/h2-4H,5H2,1H3,(H,13,14,15). The number of hydrogen-bond donors (Lipinski definition) is 1. The van der Waals surface area contributed by atoms with Crippen LogP contribution in [0.15, 0.2) is 23.5 Å². The molecule has 5 nitrogen and oxygen atoms in total. The summed E-state index contributed by atoms with van der Waals surface area (Å²) in [6.45, 7) is 1.53. The number of nitrogens with zero attached hydrogens (tertiary/aromatic N) is 3. The second-order valence-electron chi connectivity index (χ2n) is 3.33. The second kappa shape index (κ2) is 5.29. The van der Waals surface area contributed by atoms with E-state index in [-0.39, 0.29) is 5.78 Å². The highest BCUT2D eigenvalue weighted by Gasteiger charge is 2.07. The first-order chi connectivity index (χ1) is 8.15. The molecule has 0 fully saturated rings. The monoisotopic (exact) mass is 268 g/mol. The number of rotatable bonds is 4. The molecule has 17 heavy (non-hydrogen) atoms. The average Bonchev–Trinajstić information content (AvgIpc) is 2.76. The van der Waals surface area contributed by atoms with Gasteiger partial charge in [0, 0.05) is 6.20 Å². The predicted molar refractivity (Wildman–Crippen MR) is 66.0 cm³/mol. The number of nitrogens with one attached hydrogen (secondary N) is 1. The van der Waals surface area contributed by atoms with Crippen molar-refractivity contribution < 1.29 is 4.79 Å². The van der Waals surface area contributed by atoms with Crippen molar-refractivity contribution in [1.29, 1.82) is 0 Å². The summed E-state index contributed by atoms with van der Waals surface area (Å²) in [4.78, 5) is 17.9. The lowest BCUT2D eigenvalue weighted by Crippen LogP contribution is -1.93. The molecule has 1 N–H and O–H groups in total. The summed E-state index contributed by atoms with van der Waals surface area (Å²) in [5.74, 6) is 1.04. The van der Waals surface area contributed by atoms with Crippen LogP contribution in [0.5, 0.6) is 0 Å². The van der Waals surface area contributed by atoms with Crippen molar-refractivity contribution in [2.24, 2.45) is 0 Å². The van der Waals surface area contributed by atoms with Crippen molar-refractivity contribution in [1.82, 2.24) is 20.2 Å². The van der Waals surface area contributed by atoms with E-state index in [1.807, 2.05) is 0 Å². The van der Waals surface area contributed by atoms with E-state index in [0.29, 0.717) is 27.5 Å². The molecular weight excluding hydrogens is 260 g/mol. The van der Waals surface area contributed by atoms with Crippen LogP contribution in [0, 0.1) is 0 Å². The first kappa shape index (κ1) is 12.1. The van der Waals surface area contributed by atoms with E-state index in [1.165, 1.54) is 18.7 Å². The molecule has 2 rings (SSSR count). The Kier molecular flexibility index (Phi) is 3.75. The quantitative estimate of drug-likeness (QED) is 0.861. The fourth-order valence-electron chi connectivity index (χ4n) is 1.11. The predicted octanol–water partition coefficient (Wildman–Crippen LogP) is 2.20. The van der Waals surface area contributed by atoms with E-state index < -0.39 is 0 Å². The van der Waals surface area contributed by atoms with Gasteiger partial charge in [-0.3, -0.25) is 9.78 Å². The molecule has 0 aliphatic heterocycles. The summed E-state index contributed by atoms with van der Waals surface area (Å²) in [6, 6.07) is 3.48. The number of thioether (sulfide) groups is 1. The number of carbonyl (C=O) groups is 1. The van der Waals surface area contributed by atoms with Crippen LogP contribution in [-0.2, 0) is 4.79 Å². The molecule has 0 spiro atoms. The number of hydrogen-bond acceptors (Lipinski definition) is 5. The number of halogens is 1. The van der Waals surface area contributed by atoms with Crippen LogP contribution in [-0.4, -0.2) is 31.7 Å². The second-order valence-corrected chi connectivity index (χ2v) is 4.73. The van der Waals surface area contributed by atoms with Gasteiger partial charge in [0.1, 0.15) is 11.5 Å². The normalized spacial score (nSPS) is 10.5. The zero-order valence-corrected chi connectivity index (χ0v) is 10.5. The molecule has 2 heterocycles. The van der Waals surface area contributed by atoms with Gasteiger partial charge in [0.2, 0.25) is 0 Å². The Balaban J connectivity index is 2.12. The van der Waals surface area contributed by atoms with Gasteiger partial charge < -0.3 is 4.98 Å². The van der Waals surface area contributed by atoms with Crippen molar-refractivity contribution in [3.8, 4) is 11.5 Å². The highest BCUT2D eigenvalue weighted by atomic mass is 35.5. The maximum atomic E-state index is 10.8. The summed E-state index contributed by atoms with van der Waals surface area (Å²) >= 11 is 7.05. The number of ketones is 1. The minimum absolute atomic E-state index is 0.0950. The fraction of sp³-hybridized carbons (Fsp3) is 0.200. The number of carbonyl (C=O) groups excluding carboxylic acids is 1. The van der Waals surface area contributed by atoms with Crippen molar-refractivity contribution in [2.75, 3.05) is 5.75 Å². The highest BCUT2D eigenvalue weighted by molar-refractivity contribution is 7.99. The Hall–Kier alpha value is -1.40. The van der Waals surface area contributed by atoms with E-state index in [9.17, 15) is 4.79 Å². The zero-order chi connectivity index (χ0) is 12.3. The topological polar surface area (TPSA) is 71.5 Å². The number of Topliss-reactive ketones (excluding diaryl/α,β-unsaturated/α-hetero) is 1. The van der Waals surface area contributed by atoms with Crippen LogP contribution in [0.2, 0.25) is 5.02 Å². The van der Waals surface area contributed by atoms with Crippen molar-refractivity contribution >= 4 is 29.1 Å². The minimum Gasteiger partial charge on any atom is -0.315 e. The van der Waals surface area contributed by atoms with Gasteiger partial charge in [-0.15, -0.1) is 10.2 Å². The smallest absolute Gasteiger partial charge is 0.189 e. The van der Waals surface area contributed by atoms with Crippen molar-refractivity contribution in [2.45, 2.75) is 12.1 Å². The van der Waals surface area contributed by atoms with Gasteiger partial charge in [0.25, 0.3) is 0 Å². The molecule has 0 bridgehead atoms. The Labute approximate surface area is 107 Å². The lowest BCUT2D eigenvalue weighted by molar-refractivity contribution is -0.114. The van der Waals surface area contributed by atoms with E-state index in [0.717, 1.165) is 0 Å². The van der Waals surface area contributed by atoms with Gasteiger partial charge in [0.05, 0.1) is 10.8 Å². The summed E-state index contributed by atoms with van der Waals surface area (Å²) in [6.07, 6.45) is 1.54. The molecule has 0 unspecified atom stereocenters. The first-order valence-corrected chi connectivity index (χ1v) is 6.18. The van der Waals surface area contributed by atoms with Crippen LogP contribution < -0.4 is 0 Å². The third-order valence-electron chi connectivity index (χ3n) is 1.85. The number of aromatic amines is 1. The molecule has 0 aliphatic carbocycles. The SMILES string of the molecule is CC(=O)CSc1nnc(-c2ccc(Cl)cn2)[nH]1. The van der Waals surface area contributed by atoms with Gasteiger partial charge in [-0.2, -0.15) is 0 Å². The third kappa shape index (κ3) is 3.28. The van der Waals surface area contributed by atoms with Gasteiger partial charge in [-0.25, -0.2) is 0 Å². The molecule has 2 aromatic rings. The van der Waals surface area contributed by atoms with E-state index in [2.05, 4.69) is 20.2 Å². The molecule has 0 aromatic carbocycles. The van der Waals surface area contributed by atoms with E-state index in [1.54, 1.807) is 18.3 Å². The Morgan fingerprint density at radius 2 is 2.29 bits per heavy atom. The maximum absolute atomic E-state index is 10.8. The first-order valence-electron chi connectivity index (χ1n) is 4.82. The molecule has 2 aromatic heterocycles. The molecule has 0 atom stereocenters. The summed E-state index contributed by atoms with van der Waals surface area (Å²) < 4.78 is 0. The number of H-pyrrole nitrogens is 1. The molecule has 0 radical (unpaired) electrons. The van der Waals surface area contributed by atoms with Crippen LogP contribution >= 0.6 is 23.4 Å². The molecule has 0 amide bonds. The highest BCUT2D eigenvalue weighted by Crippen LogP contribution is 2.18. The van der Waals surface area contributed by atoms with Gasteiger partial charge in [-0.05, 0) is 19.1 Å². The van der Waals surface area contributed by atoms with Gasteiger partial charge >= 0.3 is 0 Å². The fourth-order valence-corrected chi connectivity index (χ4v) is 1.83. The average molecular weight is 269 g/mol. The Bertz CT molecular complexity index is 525. The number of pyridine rings is 1. The molecular formula is C10H9ClN4OS.